The van der Waals surface area contributed by atoms with Gasteiger partial charge in [0.05, 0.1) is 6.61 Å². The second-order valence-corrected chi connectivity index (χ2v) is 5.01. The molecule has 7 nitrogen and oxygen atoms in total. The first-order valence-electron chi connectivity index (χ1n) is 7.57. The molecule has 0 aliphatic heterocycles. The first-order valence-corrected chi connectivity index (χ1v) is 7.57. The summed E-state index contributed by atoms with van der Waals surface area (Å²) < 4.78 is 9.92. The number of alkyl carbamates (subject to hydrolysis) is 1. The third-order valence-corrected chi connectivity index (χ3v) is 3.29. The van der Waals surface area contributed by atoms with E-state index in [9.17, 15) is 14.7 Å². The zero-order chi connectivity index (χ0) is 17.4. The van der Waals surface area contributed by atoms with Gasteiger partial charge in [-0.1, -0.05) is 30.3 Å². The van der Waals surface area contributed by atoms with Crippen LogP contribution in [-0.2, 0) is 20.9 Å². The van der Waals surface area contributed by atoms with Crippen LogP contribution >= 0.6 is 0 Å². The molecule has 128 valence electrons. The van der Waals surface area contributed by atoms with E-state index in [1.807, 2.05) is 30.3 Å². The van der Waals surface area contributed by atoms with Gasteiger partial charge in [-0.3, -0.25) is 0 Å². The number of rotatable bonds is 7. The number of nitrogens with one attached hydrogen (secondary N) is 2. The molecule has 0 fully saturated rings. The van der Waals surface area contributed by atoms with Crippen LogP contribution in [-0.4, -0.2) is 34.9 Å². The highest BCUT2D eigenvalue weighted by Crippen LogP contribution is 2.17. The summed E-state index contributed by atoms with van der Waals surface area (Å²) in [6, 6.07) is 11.5. The first-order chi connectivity index (χ1) is 11.6. The lowest BCUT2D eigenvalue weighted by atomic mass is 10.1. The molecule has 2 aromatic rings. The van der Waals surface area contributed by atoms with Crippen molar-refractivity contribution in [1.29, 1.82) is 0 Å². The van der Waals surface area contributed by atoms with Gasteiger partial charge in [-0.2, -0.15) is 0 Å². The van der Waals surface area contributed by atoms with Gasteiger partial charge in [-0.15, -0.1) is 0 Å². The molecule has 0 saturated carbocycles. The van der Waals surface area contributed by atoms with Crippen molar-refractivity contribution >= 4 is 12.1 Å². The van der Waals surface area contributed by atoms with Crippen LogP contribution in [0.1, 0.15) is 24.2 Å². The summed E-state index contributed by atoms with van der Waals surface area (Å²) in [5, 5.41) is 12.6. The van der Waals surface area contributed by atoms with Gasteiger partial charge in [-0.05, 0) is 24.6 Å². The Kier molecular flexibility index (Phi) is 6.39. The summed E-state index contributed by atoms with van der Waals surface area (Å²) in [5.41, 5.74) is 1.29. The van der Waals surface area contributed by atoms with E-state index in [-0.39, 0.29) is 13.2 Å². The molecule has 1 aromatic carbocycles. The Hall–Kier alpha value is -2.80. The Morgan fingerprint density at radius 2 is 1.92 bits per heavy atom. The van der Waals surface area contributed by atoms with E-state index in [0.717, 1.165) is 5.56 Å². The average Bonchev–Trinajstić information content (AvgIpc) is 3.12. The van der Waals surface area contributed by atoms with Gasteiger partial charge in [-0.25, -0.2) is 9.59 Å². The van der Waals surface area contributed by atoms with E-state index < -0.39 is 24.2 Å². The maximum atomic E-state index is 12.0. The summed E-state index contributed by atoms with van der Waals surface area (Å²) in [6.45, 7) is 1.85. The summed E-state index contributed by atoms with van der Waals surface area (Å²) in [4.78, 5) is 26.6. The molecule has 7 heteroatoms. The highest BCUT2D eigenvalue weighted by Gasteiger charge is 2.31. The molecular weight excluding hydrogens is 312 g/mol. The van der Waals surface area contributed by atoms with Crippen LogP contribution in [0.15, 0.2) is 48.7 Å². The van der Waals surface area contributed by atoms with Crippen LogP contribution in [0.4, 0.5) is 4.79 Å². The fourth-order valence-corrected chi connectivity index (χ4v) is 2.12. The van der Waals surface area contributed by atoms with Crippen molar-refractivity contribution in [2.45, 2.75) is 25.7 Å². The molecule has 0 saturated heterocycles. The normalized spacial score (nSPS) is 12.9. The maximum absolute atomic E-state index is 12.0. The number of carbonyl (C=O) groups is 2. The van der Waals surface area contributed by atoms with Crippen molar-refractivity contribution in [1.82, 2.24) is 10.3 Å². The number of hydrogen-bond donors (Lipinski definition) is 3. The van der Waals surface area contributed by atoms with E-state index in [4.69, 9.17) is 9.47 Å². The first kappa shape index (κ1) is 17.6. The van der Waals surface area contributed by atoms with Crippen molar-refractivity contribution in [2.75, 3.05) is 6.61 Å². The van der Waals surface area contributed by atoms with Crippen molar-refractivity contribution in [3.63, 3.8) is 0 Å². The standard InChI is InChI=1S/C17H20N2O5/c1-2-23-16(21)15(20)14(13-9-6-10-18-13)19-17(22)24-11-12-7-4-3-5-8-12/h3-10,14-15,18,20H,2,11H2,1H3,(H,19,22)/t14-,15+/m0/s1. The van der Waals surface area contributed by atoms with Crippen molar-refractivity contribution in [3.05, 3.63) is 59.9 Å². The smallest absolute Gasteiger partial charge is 0.408 e. The van der Waals surface area contributed by atoms with Gasteiger partial charge in [0.1, 0.15) is 12.6 Å². The van der Waals surface area contributed by atoms with E-state index >= 15 is 0 Å². The molecule has 0 aliphatic carbocycles. The van der Waals surface area contributed by atoms with Crippen LogP contribution < -0.4 is 5.32 Å². The molecule has 24 heavy (non-hydrogen) atoms. The van der Waals surface area contributed by atoms with E-state index in [2.05, 4.69) is 10.3 Å². The molecule has 0 aliphatic rings. The molecule has 2 rings (SSSR count). The lowest BCUT2D eigenvalue weighted by molar-refractivity contribution is -0.154. The van der Waals surface area contributed by atoms with Crippen molar-refractivity contribution in [3.8, 4) is 0 Å². The Balaban J connectivity index is 1.99. The zero-order valence-corrected chi connectivity index (χ0v) is 13.3. The number of aromatic amines is 1. The third kappa shape index (κ3) is 4.85. The van der Waals surface area contributed by atoms with Gasteiger partial charge in [0.2, 0.25) is 0 Å². The number of ether oxygens (including phenoxy) is 2. The number of esters is 1. The Morgan fingerprint density at radius 1 is 1.17 bits per heavy atom. The lowest BCUT2D eigenvalue weighted by Crippen LogP contribution is -2.41. The molecule has 0 bridgehead atoms. The van der Waals surface area contributed by atoms with E-state index in [0.29, 0.717) is 5.69 Å². The minimum absolute atomic E-state index is 0.0830. The number of aliphatic hydroxyl groups is 1. The largest absolute Gasteiger partial charge is 0.464 e. The minimum atomic E-state index is -1.55. The van der Waals surface area contributed by atoms with Gasteiger partial charge >= 0.3 is 12.1 Å². The van der Waals surface area contributed by atoms with E-state index in [1.54, 1.807) is 25.3 Å². The highest BCUT2D eigenvalue weighted by molar-refractivity contribution is 5.77. The number of carbonyl (C=O) groups excluding carboxylic acids is 2. The molecule has 3 N–H and O–H groups in total. The van der Waals surface area contributed by atoms with Crippen LogP contribution in [0.25, 0.3) is 0 Å². The number of amides is 1. The summed E-state index contributed by atoms with van der Waals surface area (Å²) in [5.74, 6) is -0.819. The molecule has 1 aromatic heterocycles. The number of aliphatic hydroxyl groups excluding tert-OH is 1. The average molecular weight is 332 g/mol. The highest BCUT2D eigenvalue weighted by atomic mass is 16.6. The van der Waals surface area contributed by atoms with E-state index in [1.165, 1.54) is 0 Å². The minimum Gasteiger partial charge on any atom is -0.464 e. The fourth-order valence-electron chi connectivity index (χ4n) is 2.12. The number of benzene rings is 1. The fraction of sp³-hybridized carbons (Fsp3) is 0.294. The maximum Gasteiger partial charge on any atom is 0.408 e. The lowest BCUT2D eigenvalue weighted by Gasteiger charge is -2.21. The van der Waals surface area contributed by atoms with Crippen LogP contribution in [0, 0.1) is 0 Å². The van der Waals surface area contributed by atoms with Gasteiger partial charge in [0.15, 0.2) is 6.10 Å². The Labute approximate surface area is 139 Å². The quantitative estimate of drug-likeness (QED) is 0.672. The van der Waals surface area contributed by atoms with Gasteiger partial charge in [0.25, 0.3) is 0 Å². The monoisotopic (exact) mass is 332 g/mol. The predicted octanol–water partition coefficient (Wildman–Crippen LogP) is 1.91. The summed E-state index contributed by atoms with van der Waals surface area (Å²) in [6.07, 6.45) is -0.674. The molecular formula is C17H20N2O5. The van der Waals surface area contributed by atoms with Crippen molar-refractivity contribution < 1.29 is 24.2 Å². The number of hydrogen-bond acceptors (Lipinski definition) is 5. The molecule has 1 amide bonds. The second kappa shape index (κ2) is 8.73. The van der Waals surface area contributed by atoms with Gasteiger partial charge in [0, 0.05) is 11.9 Å². The second-order valence-electron chi connectivity index (χ2n) is 5.01. The topological polar surface area (TPSA) is 101 Å². The van der Waals surface area contributed by atoms with Crippen LogP contribution in [0.5, 0.6) is 0 Å². The number of aromatic nitrogens is 1. The van der Waals surface area contributed by atoms with Crippen LogP contribution in [0.3, 0.4) is 0 Å². The zero-order valence-electron chi connectivity index (χ0n) is 13.3. The number of H-pyrrole nitrogens is 1. The molecule has 2 atom stereocenters. The summed E-state index contributed by atoms with van der Waals surface area (Å²) in [7, 11) is 0. The molecule has 1 heterocycles. The Bertz CT molecular complexity index is 642. The Morgan fingerprint density at radius 3 is 2.54 bits per heavy atom. The van der Waals surface area contributed by atoms with Crippen LogP contribution in [0.2, 0.25) is 0 Å². The SMILES string of the molecule is CCOC(=O)[C@H](O)[C@@H](NC(=O)OCc1ccccc1)c1ccc[nH]1. The van der Waals surface area contributed by atoms with Crippen molar-refractivity contribution in [2.24, 2.45) is 0 Å². The molecule has 0 radical (unpaired) electrons. The summed E-state index contributed by atoms with van der Waals surface area (Å²) >= 11 is 0. The van der Waals surface area contributed by atoms with Gasteiger partial charge < -0.3 is 24.9 Å². The molecule has 0 spiro atoms. The third-order valence-electron chi connectivity index (χ3n) is 3.29. The predicted molar refractivity (Wildman–Crippen MR) is 85.9 cm³/mol. The molecule has 0 unspecified atom stereocenters.